The monoisotopic (exact) mass is 258 g/mol. The van der Waals surface area contributed by atoms with Crippen LogP contribution in [0, 0.1) is 0 Å². The zero-order chi connectivity index (χ0) is 11.8. The van der Waals surface area contributed by atoms with E-state index in [1.807, 2.05) is 0 Å². The summed E-state index contributed by atoms with van der Waals surface area (Å²) >= 11 is 11.8. The molecule has 1 aliphatic carbocycles. The number of hydrogen-bond donors (Lipinski definition) is 1. The smallest absolute Gasteiger partial charge is 0.195 e. The average molecular weight is 259 g/mol. The van der Waals surface area contributed by atoms with Crippen molar-refractivity contribution in [2.24, 2.45) is 0 Å². The molecule has 0 amide bonds. The molecular formula is C12H12Cl2O2. The maximum atomic E-state index is 12.1. The van der Waals surface area contributed by atoms with E-state index in [1.165, 1.54) is 0 Å². The van der Waals surface area contributed by atoms with Crippen LogP contribution in [0.5, 0.6) is 0 Å². The number of halogens is 2. The maximum absolute atomic E-state index is 12.1. The Hall–Kier alpha value is -0.570. The lowest BCUT2D eigenvalue weighted by atomic mass is 9.91. The Labute approximate surface area is 104 Å². The third-order valence-corrected chi connectivity index (χ3v) is 3.87. The molecule has 0 bridgehead atoms. The Morgan fingerprint density at radius 1 is 1.25 bits per heavy atom. The summed E-state index contributed by atoms with van der Waals surface area (Å²) in [5, 5.41) is 10.8. The minimum Gasteiger partial charge on any atom is -0.382 e. The van der Waals surface area contributed by atoms with Gasteiger partial charge in [0.25, 0.3) is 0 Å². The highest BCUT2D eigenvalue weighted by atomic mass is 35.5. The molecule has 2 nitrogen and oxygen atoms in total. The molecule has 1 fully saturated rings. The molecule has 0 saturated heterocycles. The Bertz CT molecular complexity index is 423. The highest BCUT2D eigenvalue weighted by molar-refractivity contribution is 6.44. The standard InChI is InChI=1S/C12H12Cl2O2/c13-9-5-3-4-8(10(9)14)11(15)12(16)6-1-2-7-12/h3-5,16H,1-2,6-7H2. The minimum atomic E-state index is -1.24. The SMILES string of the molecule is O=C(c1cccc(Cl)c1Cl)C1(O)CCCC1. The number of hydrogen-bond acceptors (Lipinski definition) is 2. The molecule has 86 valence electrons. The Morgan fingerprint density at radius 3 is 2.50 bits per heavy atom. The number of benzene rings is 1. The molecule has 1 aromatic carbocycles. The lowest BCUT2D eigenvalue weighted by Gasteiger charge is -2.21. The predicted octanol–water partition coefficient (Wildman–Crippen LogP) is 3.48. The molecule has 1 N–H and O–H groups in total. The van der Waals surface area contributed by atoms with Crippen LogP contribution in [-0.4, -0.2) is 16.5 Å². The van der Waals surface area contributed by atoms with Gasteiger partial charge in [-0.05, 0) is 37.8 Å². The number of carbonyl (C=O) groups excluding carboxylic acids is 1. The summed E-state index contributed by atoms with van der Waals surface area (Å²) < 4.78 is 0. The second-order valence-electron chi connectivity index (χ2n) is 4.17. The van der Waals surface area contributed by atoms with E-state index in [9.17, 15) is 9.90 Å². The molecule has 1 aromatic rings. The molecule has 0 unspecified atom stereocenters. The van der Waals surface area contributed by atoms with Gasteiger partial charge < -0.3 is 5.11 Å². The Balaban J connectivity index is 2.37. The normalized spacial score (nSPS) is 18.7. The van der Waals surface area contributed by atoms with Crippen LogP contribution in [0.15, 0.2) is 18.2 Å². The van der Waals surface area contributed by atoms with E-state index >= 15 is 0 Å². The maximum Gasteiger partial charge on any atom is 0.195 e. The fourth-order valence-corrected chi connectivity index (χ4v) is 2.50. The first-order chi connectivity index (χ1) is 7.54. The highest BCUT2D eigenvalue weighted by Crippen LogP contribution is 2.35. The molecule has 4 heteroatoms. The zero-order valence-electron chi connectivity index (χ0n) is 8.67. The van der Waals surface area contributed by atoms with Crippen molar-refractivity contribution in [3.8, 4) is 0 Å². The molecule has 0 atom stereocenters. The van der Waals surface area contributed by atoms with Crippen LogP contribution in [0.3, 0.4) is 0 Å². The van der Waals surface area contributed by atoms with E-state index in [4.69, 9.17) is 23.2 Å². The van der Waals surface area contributed by atoms with Gasteiger partial charge in [0.05, 0.1) is 10.0 Å². The number of carbonyl (C=O) groups is 1. The molecule has 0 aromatic heterocycles. The summed E-state index contributed by atoms with van der Waals surface area (Å²) in [6.45, 7) is 0. The van der Waals surface area contributed by atoms with Crippen molar-refractivity contribution < 1.29 is 9.90 Å². The van der Waals surface area contributed by atoms with E-state index in [1.54, 1.807) is 18.2 Å². The molecule has 1 saturated carbocycles. The van der Waals surface area contributed by atoms with E-state index in [0.717, 1.165) is 12.8 Å². The topological polar surface area (TPSA) is 37.3 Å². The van der Waals surface area contributed by atoms with Crippen molar-refractivity contribution in [3.63, 3.8) is 0 Å². The molecule has 2 rings (SSSR count). The molecule has 0 aliphatic heterocycles. The quantitative estimate of drug-likeness (QED) is 0.825. The van der Waals surface area contributed by atoms with E-state index in [2.05, 4.69) is 0 Å². The first kappa shape index (κ1) is 11.9. The molecule has 16 heavy (non-hydrogen) atoms. The summed E-state index contributed by atoms with van der Waals surface area (Å²) in [7, 11) is 0. The van der Waals surface area contributed by atoms with Gasteiger partial charge in [-0.15, -0.1) is 0 Å². The van der Waals surface area contributed by atoms with Crippen molar-refractivity contribution >= 4 is 29.0 Å². The zero-order valence-corrected chi connectivity index (χ0v) is 10.2. The van der Waals surface area contributed by atoms with Gasteiger partial charge in [0, 0.05) is 5.56 Å². The van der Waals surface area contributed by atoms with Crippen molar-refractivity contribution in [2.75, 3.05) is 0 Å². The van der Waals surface area contributed by atoms with E-state index < -0.39 is 5.60 Å². The van der Waals surface area contributed by atoms with E-state index in [-0.39, 0.29) is 10.8 Å². The lowest BCUT2D eigenvalue weighted by molar-refractivity contribution is 0.0353. The fraction of sp³-hybridized carbons (Fsp3) is 0.417. The van der Waals surface area contributed by atoms with Gasteiger partial charge in [-0.3, -0.25) is 4.79 Å². The fourth-order valence-electron chi connectivity index (χ4n) is 2.12. The van der Waals surface area contributed by atoms with Crippen LogP contribution in [0.4, 0.5) is 0 Å². The van der Waals surface area contributed by atoms with Crippen LogP contribution in [0.25, 0.3) is 0 Å². The van der Waals surface area contributed by atoms with Gasteiger partial charge in [0.2, 0.25) is 0 Å². The summed E-state index contributed by atoms with van der Waals surface area (Å²) in [6.07, 6.45) is 2.77. The van der Waals surface area contributed by atoms with Gasteiger partial charge in [-0.1, -0.05) is 29.3 Å². The summed E-state index contributed by atoms with van der Waals surface area (Å²) in [6, 6.07) is 4.89. The summed E-state index contributed by atoms with van der Waals surface area (Å²) in [5.41, 5.74) is -0.924. The van der Waals surface area contributed by atoms with Crippen LogP contribution in [0.2, 0.25) is 10.0 Å². The Kier molecular flexibility index (Phi) is 3.24. The van der Waals surface area contributed by atoms with Crippen molar-refractivity contribution in [2.45, 2.75) is 31.3 Å². The predicted molar refractivity (Wildman–Crippen MR) is 64.2 cm³/mol. The van der Waals surface area contributed by atoms with Crippen molar-refractivity contribution in [1.82, 2.24) is 0 Å². The molecule has 0 radical (unpaired) electrons. The number of aliphatic hydroxyl groups is 1. The van der Waals surface area contributed by atoms with Gasteiger partial charge in [-0.25, -0.2) is 0 Å². The lowest BCUT2D eigenvalue weighted by Crippen LogP contribution is -2.35. The first-order valence-electron chi connectivity index (χ1n) is 5.26. The molecule has 0 heterocycles. The summed E-state index contributed by atoms with van der Waals surface area (Å²) in [4.78, 5) is 12.1. The molecule has 0 spiro atoms. The van der Waals surface area contributed by atoms with Crippen molar-refractivity contribution in [3.05, 3.63) is 33.8 Å². The Morgan fingerprint density at radius 2 is 1.88 bits per heavy atom. The summed E-state index contributed by atoms with van der Waals surface area (Å²) in [5.74, 6) is -0.308. The van der Waals surface area contributed by atoms with Crippen LogP contribution < -0.4 is 0 Å². The second-order valence-corrected chi connectivity index (χ2v) is 4.95. The number of Topliss-reactive ketones (excluding diaryl/α,β-unsaturated/α-hetero) is 1. The van der Waals surface area contributed by atoms with Crippen molar-refractivity contribution in [1.29, 1.82) is 0 Å². The van der Waals surface area contributed by atoms with Gasteiger partial charge in [0.15, 0.2) is 5.78 Å². The molecule has 1 aliphatic rings. The largest absolute Gasteiger partial charge is 0.382 e. The first-order valence-corrected chi connectivity index (χ1v) is 6.01. The average Bonchev–Trinajstić information content (AvgIpc) is 2.70. The second kappa shape index (κ2) is 4.36. The van der Waals surface area contributed by atoms with Gasteiger partial charge in [0.1, 0.15) is 5.60 Å². The molecular weight excluding hydrogens is 247 g/mol. The third-order valence-electron chi connectivity index (χ3n) is 3.05. The van der Waals surface area contributed by atoms with Gasteiger partial charge in [-0.2, -0.15) is 0 Å². The van der Waals surface area contributed by atoms with Gasteiger partial charge >= 0.3 is 0 Å². The van der Waals surface area contributed by atoms with Crippen LogP contribution >= 0.6 is 23.2 Å². The highest BCUT2D eigenvalue weighted by Gasteiger charge is 2.40. The van der Waals surface area contributed by atoms with Crippen LogP contribution in [0.1, 0.15) is 36.0 Å². The van der Waals surface area contributed by atoms with E-state index in [0.29, 0.717) is 23.4 Å². The number of ketones is 1. The minimum absolute atomic E-state index is 0.231. The number of rotatable bonds is 2. The third kappa shape index (κ3) is 1.97. The van der Waals surface area contributed by atoms with Crippen LogP contribution in [-0.2, 0) is 0 Å².